The lowest BCUT2D eigenvalue weighted by Crippen LogP contribution is -1.90. The number of ketones is 1. The highest BCUT2D eigenvalue weighted by Gasteiger charge is 2.15. The van der Waals surface area contributed by atoms with Crippen LogP contribution in [-0.2, 0) is 4.79 Å². The van der Waals surface area contributed by atoms with Crippen molar-refractivity contribution in [2.24, 2.45) is 0 Å². The molecule has 0 aliphatic heterocycles. The van der Waals surface area contributed by atoms with Crippen molar-refractivity contribution in [2.75, 3.05) is 0 Å². The number of carbonyl (C=O) groups excluding carboxylic acids is 1. The number of hydrogen-bond acceptors (Lipinski definition) is 1. The van der Waals surface area contributed by atoms with Crippen LogP contribution in [0, 0.1) is 0 Å². The van der Waals surface area contributed by atoms with Crippen molar-refractivity contribution in [3.63, 3.8) is 0 Å². The Hall–Kier alpha value is -0.590. The van der Waals surface area contributed by atoms with Crippen LogP contribution in [0.15, 0.2) is 11.6 Å². The van der Waals surface area contributed by atoms with Gasteiger partial charge in [0.25, 0.3) is 0 Å². The van der Waals surface area contributed by atoms with E-state index in [1.54, 1.807) is 0 Å². The summed E-state index contributed by atoms with van der Waals surface area (Å²) < 4.78 is 0. The number of unbranched alkanes of at least 4 members (excludes halogenated alkanes) is 1. The van der Waals surface area contributed by atoms with Gasteiger partial charge in [0, 0.05) is 6.42 Å². The number of allylic oxidation sites excluding steroid dienone is 2. The molecule has 0 saturated heterocycles. The van der Waals surface area contributed by atoms with Gasteiger partial charge < -0.3 is 0 Å². The zero-order valence-corrected chi connectivity index (χ0v) is 6.52. The largest absolute Gasteiger partial charge is 0.295 e. The van der Waals surface area contributed by atoms with Crippen molar-refractivity contribution in [2.45, 2.75) is 39.0 Å². The molecule has 0 aromatic rings. The molecule has 1 rings (SSSR count). The average Bonchev–Trinajstić information content (AvgIpc) is 2.31. The van der Waals surface area contributed by atoms with E-state index >= 15 is 0 Å². The zero-order chi connectivity index (χ0) is 7.40. The molecule has 56 valence electrons. The van der Waals surface area contributed by atoms with Gasteiger partial charge in [0.05, 0.1) is 0 Å². The van der Waals surface area contributed by atoms with E-state index in [2.05, 4.69) is 13.0 Å². The van der Waals surface area contributed by atoms with Crippen LogP contribution >= 0.6 is 0 Å². The quantitative estimate of drug-likeness (QED) is 0.536. The molecule has 0 bridgehead atoms. The molecule has 1 saturated carbocycles. The Kier molecular flexibility index (Phi) is 2.67. The molecule has 0 radical (unpaired) electrons. The van der Waals surface area contributed by atoms with E-state index in [0.717, 1.165) is 37.7 Å². The average molecular weight is 138 g/mol. The number of Topliss-reactive ketones (excluding diaryl/α,β-unsaturated/α-hetero) is 1. The van der Waals surface area contributed by atoms with Crippen molar-refractivity contribution < 1.29 is 4.79 Å². The molecular formula is C9H14O. The molecule has 1 heteroatoms. The van der Waals surface area contributed by atoms with E-state index in [0.29, 0.717) is 5.78 Å². The van der Waals surface area contributed by atoms with Crippen LogP contribution in [0.2, 0.25) is 0 Å². The third-order valence-electron chi connectivity index (χ3n) is 1.89. The van der Waals surface area contributed by atoms with E-state index in [1.807, 2.05) is 0 Å². The molecule has 1 fully saturated rings. The lowest BCUT2D eigenvalue weighted by Gasteiger charge is -1.91. The fraction of sp³-hybridized carbons (Fsp3) is 0.667. The molecule has 0 N–H and O–H groups in total. The summed E-state index contributed by atoms with van der Waals surface area (Å²) in [4.78, 5) is 11.0. The highest BCUT2D eigenvalue weighted by molar-refractivity contribution is 5.97. The molecule has 0 aromatic carbocycles. The van der Waals surface area contributed by atoms with Gasteiger partial charge in [0.1, 0.15) is 0 Å². The summed E-state index contributed by atoms with van der Waals surface area (Å²) in [6, 6.07) is 0. The predicted octanol–water partition coefficient (Wildman–Crippen LogP) is 2.47. The molecule has 0 unspecified atom stereocenters. The van der Waals surface area contributed by atoms with Crippen LogP contribution in [0.5, 0.6) is 0 Å². The van der Waals surface area contributed by atoms with Crippen LogP contribution < -0.4 is 0 Å². The van der Waals surface area contributed by atoms with Gasteiger partial charge >= 0.3 is 0 Å². The summed E-state index contributed by atoms with van der Waals surface area (Å²) in [7, 11) is 0. The van der Waals surface area contributed by atoms with Gasteiger partial charge in [0.2, 0.25) is 0 Å². The predicted molar refractivity (Wildman–Crippen MR) is 41.8 cm³/mol. The molecule has 0 aromatic heterocycles. The van der Waals surface area contributed by atoms with E-state index in [1.165, 1.54) is 0 Å². The van der Waals surface area contributed by atoms with Gasteiger partial charge in [-0.15, -0.1) is 0 Å². The second-order valence-corrected chi connectivity index (χ2v) is 2.79. The smallest absolute Gasteiger partial charge is 0.158 e. The fourth-order valence-electron chi connectivity index (χ4n) is 1.27. The Bertz CT molecular complexity index is 156. The molecule has 1 aliphatic carbocycles. The van der Waals surface area contributed by atoms with E-state index in [-0.39, 0.29) is 0 Å². The van der Waals surface area contributed by atoms with Crippen LogP contribution in [0.4, 0.5) is 0 Å². The van der Waals surface area contributed by atoms with Gasteiger partial charge in [-0.2, -0.15) is 0 Å². The van der Waals surface area contributed by atoms with Crippen LogP contribution in [0.25, 0.3) is 0 Å². The van der Waals surface area contributed by atoms with Crippen molar-refractivity contribution >= 4 is 5.78 Å². The van der Waals surface area contributed by atoms with Crippen LogP contribution in [0.1, 0.15) is 39.0 Å². The van der Waals surface area contributed by atoms with E-state index in [4.69, 9.17) is 0 Å². The van der Waals surface area contributed by atoms with Crippen LogP contribution in [-0.4, -0.2) is 5.78 Å². The Balaban J connectivity index is 2.46. The topological polar surface area (TPSA) is 17.1 Å². The fourth-order valence-corrected chi connectivity index (χ4v) is 1.27. The minimum atomic E-state index is 0.383. The van der Waals surface area contributed by atoms with Gasteiger partial charge in [0.15, 0.2) is 5.78 Å². The Labute approximate surface area is 62.1 Å². The second kappa shape index (κ2) is 3.55. The molecule has 1 aliphatic rings. The van der Waals surface area contributed by atoms with E-state index in [9.17, 15) is 4.79 Å². The Morgan fingerprint density at radius 3 is 2.80 bits per heavy atom. The summed E-state index contributed by atoms with van der Waals surface area (Å²) in [5.41, 5.74) is 1.09. The third-order valence-corrected chi connectivity index (χ3v) is 1.89. The lowest BCUT2D eigenvalue weighted by molar-refractivity contribution is -0.114. The second-order valence-electron chi connectivity index (χ2n) is 2.79. The first-order valence-corrected chi connectivity index (χ1v) is 4.07. The summed E-state index contributed by atoms with van der Waals surface area (Å²) in [6.45, 7) is 2.14. The highest BCUT2D eigenvalue weighted by atomic mass is 16.1. The minimum absolute atomic E-state index is 0.383. The normalized spacial score (nSPS) is 22.5. The maximum absolute atomic E-state index is 11.0. The van der Waals surface area contributed by atoms with Gasteiger partial charge in [-0.05, 0) is 24.8 Å². The summed E-state index contributed by atoms with van der Waals surface area (Å²) >= 11 is 0. The summed E-state index contributed by atoms with van der Waals surface area (Å²) in [5, 5.41) is 0. The molecule has 0 atom stereocenters. The molecule has 0 heterocycles. The molecule has 10 heavy (non-hydrogen) atoms. The number of carbonyl (C=O) groups is 1. The van der Waals surface area contributed by atoms with Gasteiger partial charge in [-0.1, -0.05) is 19.4 Å². The maximum Gasteiger partial charge on any atom is 0.158 e. The minimum Gasteiger partial charge on any atom is -0.295 e. The first-order valence-electron chi connectivity index (χ1n) is 4.07. The van der Waals surface area contributed by atoms with Crippen molar-refractivity contribution in [1.82, 2.24) is 0 Å². The number of rotatable bonds is 2. The zero-order valence-electron chi connectivity index (χ0n) is 6.52. The first kappa shape index (κ1) is 7.52. The lowest BCUT2D eigenvalue weighted by atomic mass is 10.1. The molecule has 1 nitrogen and oxygen atoms in total. The third kappa shape index (κ3) is 1.69. The maximum atomic E-state index is 11.0. The Morgan fingerprint density at radius 2 is 2.30 bits per heavy atom. The van der Waals surface area contributed by atoms with Crippen LogP contribution in [0.3, 0.4) is 0 Å². The Morgan fingerprint density at radius 1 is 1.50 bits per heavy atom. The summed E-state index contributed by atoms with van der Waals surface area (Å²) in [6.07, 6.45) is 7.22. The van der Waals surface area contributed by atoms with Crippen molar-refractivity contribution in [3.05, 3.63) is 11.6 Å². The van der Waals surface area contributed by atoms with Crippen molar-refractivity contribution in [3.8, 4) is 0 Å². The summed E-state index contributed by atoms with van der Waals surface area (Å²) in [5.74, 6) is 0.383. The SMILES string of the molecule is CCCC=C1CCCC1=O. The first-order chi connectivity index (χ1) is 4.84. The molecule has 0 amide bonds. The molecular weight excluding hydrogens is 124 g/mol. The van der Waals surface area contributed by atoms with Crippen molar-refractivity contribution in [1.29, 1.82) is 0 Å². The van der Waals surface area contributed by atoms with Gasteiger partial charge in [-0.25, -0.2) is 0 Å². The van der Waals surface area contributed by atoms with E-state index < -0.39 is 0 Å². The van der Waals surface area contributed by atoms with Gasteiger partial charge in [-0.3, -0.25) is 4.79 Å². The number of hydrogen-bond donors (Lipinski definition) is 0. The highest BCUT2D eigenvalue weighted by Crippen LogP contribution is 2.20. The standard InChI is InChI=1S/C9H14O/c1-2-3-5-8-6-4-7-9(8)10/h5H,2-4,6-7H2,1H3. The monoisotopic (exact) mass is 138 g/mol. The molecule has 0 spiro atoms.